The molecule has 0 aliphatic carbocycles. The first-order valence-electron chi connectivity index (χ1n) is 7.45. The van der Waals surface area contributed by atoms with Crippen molar-refractivity contribution in [2.75, 3.05) is 0 Å². The van der Waals surface area contributed by atoms with Gasteiger partial charge < -0.3 is 0 Å². The van der Waals surface area contributed by atoms with Crippen LogP contribution >= 0.6 is 0 Å². The molecule has 0 rings (SSSR count). The van der Waals surface area contributed by atoms with Crippen molar-refractivity contribution in [3.8, 4) is 0 Å². The summed E-state index contributed by atoms with van der Waals surface area (Å²) in [6.07, 6.45) is 2.31. The first-order valence-corrected chi connectivity index (χ1v) is 13.4. The second-order valence-corrected chi connectivity index (χ2v) is 12.2. The van der Waals surface area contributed by atoms with E-state index in [1.54, 1.807) is 12.1 Å². The maximum Gasteiger partial charge on any atom is 0.0605 e. The van der Waals surface area contributed by atoms with Crippen LogP contribution in [-0.2, 0) is 0 Å². The predicted molar refractivity (Wildman–Crippen MR) is 97.1 cm³/mol. The molecule has 0 unspecified atom stereocenters. The number of hydrogen-bond acceptors (Lipinski definition) is 0. The van der Waals surface area contributed by atoms with Gasteiger partial charge in [0.15, 0.2) is 0 Å². The fraction of sp³-hybridized carbons (Fsp3) is 0.600. The van der Waals surface area contributed by atoms with E-state index in [-0.39, 0.29) is 19.0 Å². The van der Waals surface area contributed by atoms with Crippen LogP contribution in [0.15, 0.2) is 34.3 Å². The molecule has 0 fully saturated rings. The zero-order chi connectivity index (χ0) is 13.8. The summed E-state index contributed by atoms with van der Waals surface area (Å²) in [6, 6.07) is 6.19. The van der Waals surface area contributed by atoms with E-state index in [0.29, 0.717) is 0 Å². The first-order chi connectivity index (χ1) is 8.56. The van der Waals surface area contributed by atoms with Crippen molar-refractivity contribution in [3.05, 3.63) is 34.3 Å². The van der Waals surface area contributed by atoms with Crippen LogP contribution in [0.5, 0.6) is 0 Å². The summed E-state index contributed by atoms with van der Waals surface area (Å²) in [5.74, 6) is 0. The van der Waals surface area contributed by atoms with E-state index in [1.165, 1.54) is 23.2 Å². The molecule has 0 N–H and O–H groups in total. The molecule has 0 saturated heterocycles. The molecule has 0 heterocycles. The Morgan fingerprint density at radius 2 is 1.33 bits per heavy atom. The molecule has 0 amide bonds. The molecule has 18 heavy (non-hydrogen) atoms. The topological polar surface area (TPSA) is 0 Å². The van der Waals surface area contributed by atoms with Crippen LogP contribution in [0, 0.1) is 0 Å². The predicted octanol–water partition coefficient (Wildman–Crippen LogP) is 3.35. The van der Waals surface area contributed by atoms with E-state index in [2.05, 4.69) is 57.8 Å². The highest BCUT2D eigenvalue weighted by atomic mass is 28.3. The third-order valence-electron chi connectivity index (χ3n) is 3.13. The number of rotatable bonds is 9. The Balaban J connectivity index is 3.85. The van der Waals surface area contributed by atoms with E-state index in [4.69, 9.17) is 0 Å². The minimum Gasteiger partial charge on any atom is -0.103 e. The lowest BCUT2D eigenvalue weighted by molar-refractivity contribution is 1.30. The molecule has 0 aromatic rings. The minimum absolute atomic E-state index is 0.101. The zero-order valence-electron chi connectivity index (χ0n) is 13.1. The van der Waals surface area contributed by atoms with Gasteiger partial charge in [0.05, 0.1) is 8.80 Å². The van der Waals surface area contributed by atoms with Gasteiger partial charge in [0.1, 0.15) is 0 Å². The second kappa shape index (κ2) is 11.9. The second-order valence-electron chi connectivity index (χ2n) is 5.71. The maximum absolute atomic E-state index is 2.58. The van der Waals surface area contributed by atoms with E-state index >= 15 is 0 Å². The molecule has 0 aromatic carbocycles. The SMILES string of the molecule is CC=C[SiH](CC[SiH2]C=C(C)C)CC[SiH2]C=C(C)C. The summed E-state index contributed by atoms with van der Waals surface area (Å²) in [5.41, 5.74) is 10.7. The highest BCUT2D eigenvalue weighted by Crippen LogP contribution is 2.09. The maximum atomic E-state index is 2.58. The van der Waals surface area contributed by atoms with Crippen LogP contribution in [0.3, 0.4) is 0 Å². The van der Waals surface area contributed by atoms with Crippen LogP contribution in [0.4, 0.5) is 0 Å². The summed E-state index contributed by atoms with van der Waals surface area (Å²) >= 11 is 0. The summed E-state index contributed by atoms with van der Waals surface area (Å²) < 4.78 is 0. The Morgan fingerprint density at radius 3 is 1.67 bits per heavy atom. The van der Waals surface area contributed by atoms with Crippen LogP contribution in [0.25, 0.3) is 0 Å². The van der Waals surface area contributed by atoms with Crippen molar-refractivity contribution < 1.29 is 0 Å². The summed E-state index contributed by atoms with van der Waals surface area (Å²) in [7, 11) is -0.328. The highest BCUT2D eigenvalue weighted by Gasteiger charge is 2.05. The van der Waals surface area contributed by atoms with Crippen molar-refractivity contribution in [1.29, 1.82) is 0 Å². The Kier molecular flexibility index (Phi) is 11.8. The van der Waals surface area contributed by atoms with Crippen molar-refractivity contribution in [2.24, 2.45) is 0 Å². The van der Waals surface area contributed by atoms with Crippen LogP contribution in [0.2, 0.25) is 24.2 Å². The van der Waals surface area contributed by atoms with Gasteiger partial charge in [0.25, 0.3) is 0 Å². The van der Waals surface area contributed by atoms with Crippen molar-refractivity contribution in [3.63, 3.8) is 0 Å². The van der Waals surface area contributed by atoms with E-state index in [0.717, 1.165) is 0 Å². The van der Waals surface area contributed by atoms with Crippen LogP contribution in [-0.4, -0.2) is 27.8 Å². The zero-order valence-corrected chi connectivity index (χ0v) is 17.1. The van der Waals surface area contributed by atoms with E-state index < -0.39 is 8.80 Å². The molecule has 0 bridgehead atoms. The number of hydrogen-bond donors (Lipinski definition) is 0. The highest BCUT2D eigenvalue weighted by molar-refractivity contribution is 6.66. The minimum atomic E-state index is -0.529. The Labute approximate surface area is 121 Å². The van der Waals surface area contributed by atoms with Gasteiger partial charge in [0.2, 0.25) is 0 Å². The first kappa shape index (κ1) is 17.9. The van der Waals surface area contributed by atoms with Crippen LogP contribution in [0.1, 0.15) is 34.6 Å². The van der Waals surface area contributed by atoms with Gasteiger partial charge in [-0.1, -0.05) is 41.4 Å². The van der Waals surface area contributed by atoms with Gasteiger partial charge in [-0.25, -0.2) is 0 Å². The molecule has 3 heteroatoms. The van der Waals surface area contributed by atoms with Crippen molar-refractivity contribution >= 4 is 27.8 Å². The van der Waals surface area contributed by atoms with Gasteiger partial charge in [-0.05, 0) is 34.6 Å². The lowest BCUT2D eigenvalue weighted by atomic mass is 10.4. The molecule has 0 aliphatic rings. The molecule has 104 valence electrons. The van der Waals surface area contributed by atoms with Gasteiger partial charge in [-0.2, -0.15) is 0 Å². The average Bonchev–Trinajstić information content (AvgIpc) is 2.29. The molecule has 0 saturated carbocycles. The summed E-state index contributed by atoms with van der Waals surface area (Å²) in [6.45, 7) is 11.1. The largest absolute Gasteiger partial charge is 0.103 e. The molecule has 0 nitrogen and oxygen atoms in total. The van der Waals surface area contributed by atoms with E-state index in [1.807, 2.05) is 0 Å². The van der Waals surface area contributed by atoms with Gasteiger partial charge in [-0.3, -0.25) is 0 Å². The summed E-state index contributed by atoms with van der Waals surface area (Å²) in [4.78, 5) is 0. The molecular weight excluding hydrogens is 264 g/mol. The standard InChI is InChI=1S/C15H32Si3/c1-6-9-18(10-7-16-12-14(2)3)11-8-17-13-15(4)5/h6,9,12-13,18H,7-8,10-11,16-17H2,1-5H3. The van der Waals surface area contributed by atoms with Crippen molar-refractivity contribution in [1.82, 2.24) is 0 Å². The fourth-order valence-corrected chi connectivity index (χ4v) is 11.0. The fourth-order valence-electron chi connectivity index (χ4n) is 2.15. The Hall–Kier alpha value is -0.129. The molecule has 0 aromatic heterocycles. The molecule has 0 aliphatic heterocycles. The molecule has 0 spiro atoms. The normalized spacial score (nSPS) is 13.8. The lowest BCUT2D eigenvalue weighted by Gasteiger charge is -2.09. The van der Waals surface area contributed by atoms with Gasteiger partial charge in [-0.15, -0.1) is 17.1 Å². The molecule has 0 atom stereocenters. The number of allylic oxidation sites excluding steroid dienone is 3. The monoisotopic (exact) mass is 296 g/mol. The third kappa shape index (κ3) is 12.3. The third-order valence-corrected chi connectivity index (χ3v) is 11.8. The molecule has 0 radical (unpaired) electrons. The smallest absolute Gasteiger partial charge is 0.0605 e. The molecular formula is C15H32Si3. The van der Waals surface area contributed by atoms with Gasteiger partial charge in [0, 0.05) is 19.0 Å². The quantitative estimate of drug-likeness (QED) is 0.452. The van der Waals surface area contributed by atoms with Gasteiger partial charge >= 0.3 is 0 Å². The van der Waals surface area contributed by atoms with Crippen LogP contribution < -0.4 is 0 Å². The van der Waals surface area contributed by atoms with Crippen molar-refractivity contribution in [2.45, 2.75) is 58.8 Å². The average molecular weight is 297 g/mol. The summed E-state index contributed by atoms with van der Waals surface area (Å²) in [5, 5.41) is 0. The Bertz CT molecular complexity index is 258. The lowest BCUT2D eigenvalue weighted by Crippen LogP contribution is -2.10. The van der Waals surface area contributed by atoms with E-state index in [9.17, 15) is 0 Å². The Morgan fingerprint density at radius 1 is 0.889 bits per heavy atom.